The predicted molar refractivity (Wildman–Crippen MR) is 107 cm³/mol. The molecule has 29 heavy (non-hydrogen) atoms. The molecule has 152 valence electrons. The maximum atomic E-state index is 12.6. The Morgan fingerprint density at radius 1 is 1.10 bits per heavy atom. The molecule has 1 saturated heterocycles. The largest absolute Gasteiger partial charge is 0.493 e. The quantitative estimate of drug-likeness (QED) is 0.636. The topological polar surface area (TPSA) is 82.6 Å². The van der Waals surface area contributed by atoms with Crippen LogP contribution in [0, 0.1) is 0 Å². The van der Waals surface area contributed by atoms with E-state index in [0.29, 0.717) is 23.2 Å². The van der Waals surface area contributed by atoms with E-state index in [1.54, 1.807) is 26.4 Å². The Bertz CT molecular complexity index is 988. The molecule has 8 heteroatoms. The van der Waals surface area contributed by atoms with E-state index in [1.165, 1.54) is 6.42 Å². The van der Waals surface area contributed by atoms with Gasteiger partial charge in [-0.1, -0.05) is 5.16 Å². The molecule has 0 unspecified atom stereocenters. The van der Waals surface area contributed by atoms with Gasteiger partial charge >= 0.3 is 0 Å². The number of amides is 1. The van der Waals surface area contributed by atoms with Crippen LogP contribution in [0.4, 0.5) is 0 Å². The van der Waals surface area contributed by atoms with Crippen LogP contribution in [0.1, 0.15) is 19.3 Å². The molecule has 0 saturated carbocycles. The lowest BCUT2D eigenvalue weighted by atomic mass is 10.1. The van der Waals surface area contributed by atoms with Gasteiger partial charge in [0.1, 0.15) is 12.2 Å². The van der Waals surface area contributed by atoms with Crippen molar-refractivity contribution in [2.24, 2.45) is 0 Å². The van der Waals surface area contributed by atoms with Crippen molar-refractivity contribution in [1.82, 2.24) is 19.6 Å². The summed E-state index contributed by atoms with van der Waals surface area (Å²) in [5, 5.41) is 4.09. The molecule has 0 bridgehead atoms. The van der Waals surface area contributed by atoms with Gasteiger partial charge in [0, 0.05) is 24.8 Å². The molecule has 1 fully saturated rings. The van der Waals surface area contributed by atoms with Gasteiger partial charge in [-0.05, 0) is 49.6 Å². The van der Waals surface area contributed by atoms with Crippen LogP contribution in [0.15, 0.2) is 41.1 Å². The van der Waals surface area contributed by atoms with Crippen molar-refractivity contribution < 1.29 is 18.8 Å². The summed E-state index contributed by atoms with van der Waals surface area (Å²) >= 11 is 0. The summed E-state index contributed by atoms with van der Waals surface area (Å²) in [6.07, 6.45) is 5.20. The zero-order valence-electron chi connectivity index (χ0n) is 16.6. The van der Waals surface area contributed by atoms with Crippen molar-refractivity contribution in [2.45, 2.75) is 25.8 Å². The van der Waals surface area contributed by atoms with Crippen molar-refractivity contribution in [3.8, 4) is 34.5 Å². The molecule has 4 rings (SSSR count). The zero-order valence-corrected chi connectivity index (χ0v) is 16.6. The van der Waals surface area contributed by atoms with E-state index in [9.17, 15) is 4.79 Å². The van der Waals surface area contributed by atoms with Crippen LogP contribution in [0.2, 0.25) is 0 Å². The number of carbonyl (C=O) groups is 1. The lowest BCUT2D eigenvalue weighted by Gasteiger charge is -2.27. The average molecular weight is 396 g/mol. The Hall–Kier alpha value is -3.29. The first-order valence-electron chi connectivity index (χ1n) is 9.69. The monoisotopic (exact) mass is 396 g/mol. The molecule has 8 nitrogen and oxygen atoms in total. The van der Waals surface area contributed by atoms with Gasteiger partial charge in [0.2, 0.25) is 11.7 Å². The molecule has 1 amide bonds. The minimum atomic E-state index is 0.113. The van der Waals surface area contributed by atoms with Crippen molar-refractivity contribution in [3.05, 3.63) is 36.5 Å². The highest BCUT2D eigenvalue weighted by Crippen LogP contribution is 2.32. The van der Waals surface area contributed by atoms with E-state index in [1.807, 2.05) is 33.9 Å². The van der Waals surface area contributed by atoms with E-state index in [-0.39, 0.29) is 12.5 Å². The van der Waals surface area contributed by atoms with Crippen LogP contribution in [-0.4, -0.2) is 52.8 Å². The smallest absolute Gasteiger partial charge is 0.274 e. The van der Waals surface area contributed by atoms with Gasteiger partial charge in [0.05, 0.1) is 14.2 Å². The fourth-order valence-corrected chi connectivity index (χ4v) is 3.56. The van der Waals surface area contributed by atoms with E-state index in [2.05, 4.69) is 10.1 Å². The van der Waals surface area contributed by atoms with E-state index in [4.69, 9.17) is 14.0 Å². The number of ether oxygens (including phenoxy) is 2. The number of methoxy groups -OCH3 is 2. The summed E-state index contributed by atoms with van der Waals surface area (Å²) in [7, 11) is 3.17. The highest BCUT2D eigenvalue weighted by molar-refractivity contribution is 5.77. The molecule has 3 aromatic rings. The Kier molecular flexibility index (Phi) is 5.50. The highest BCUT2D eigenvalue weighted by Gasteiger charge is 2.20. The minimum Gasteiger partial charge on any atom is -0.493 e. The fourth-order valence-electron chi connectivity index (χ4n) is 3.56. The van der Waals surface area contributed by atoms with Crippen LogP contribution in [-0.2, 0) is 11.3 Å². The summed E-state index contributed by atoms with van der Waals surface area (Å²) in [5.74, 6) is 2.14. The standard InChI is InChI=1S/C21H24N4O4/c1-27-17-9-8-15(13-18(17)28-2)20-22-21(29-23-20)16-7-6-12-25(16)14-19(26)24-10-4-3-5-11-24/h6-9,12-13H,3-5,10-11,14H2,1-2H3. The Labute approximate surface area is 169 Å². The molecule has 0 N–H and O–H groups in total. The summed E-state index contributed by atoms with van der Waals surface area (Å²) in [6.45, 7) is 1.93. The van der Waals surface area contributed by atoms with Gasteiger partial charge in [0.15, 0.2) is 11.5 Å². The third-order valence-electron chi connectivity index (χ3n) is 5.13. The maximum Gasteiger partial charge on any atom is 0.274 e. The molecule has 0 spiro atoms. The highest BCUT2D eigenvalue weighted by atomic mass is 16.5. The molecule has 1 aromatic carbocycles. The summed E-state index contributed by atoms with van der Waals surface area (Å²) in [6, 6.07) is 9.18. The molecule has 3 heterocycles. The first-order chi connectivity index (χ1) is 14.2. The first kappa shape index (κ1) is 19.0. The number of nitrogens with zero attached hydrogens (tertiary/aromatic N) is 4. The van der Waals surface area contributed by atoms with Crippen molar-refractivity contribution >= 4 is 5.91 Å². The number of carbonyl (C=O) groups excluding carboxylic acids is 1. The first-order valence-corrected chi connectivity index (χ1v) is 9.69. The van der Waals surface area contributed by atoms with Crippen LogP contribution in [0.3, 0.4) is 0 Å². The summed E-state index contributed by atoms with van der Waals surface area (Å²) < 4.78 is 17.9. The molecule has 1 aliphatic rings. The third kappa shape index (κ3) is 3.96. The van der Waals surface area contributed by atoms with E-state index in [0.717, 1.165) is 37.2 Å². The zero-order chi connectivity index (χ0) is 20.2. The normalized spacial score (nSPS) is 14.1. The van der Waals surface area contributed by atoms with Gasteiger partial charge in [-0.25, -0.2) is 0 Å². The number of hydrogen-bond donors (Lipinski definition) is 0. The maximum absolute atomic E-state index is 12.6. The second-order valence-electron chi connectivity index (χ2n) is 6.96. The van der Waals surface area contributed by atoms with Gasteiger partial charge in [0.25, 0.3) is 5.89 Å². The number of hydrogen-bond acceptors (Lipinski definition) is 6. The second-order valence-corrected chi connectivity index (χ2v) is 6.96. The lowest BCUT2D eigenvalue weighted by Crippen LogP contribution is -2.37. The molecule has 0 atom stereocenters. The lowest BCUT2D eigenvalue weighted by molar-refractivity contribution is -0.132. The molecule has 1 aliphatic heterocycles. The third-order valence-corrected chi connectivity index (χ3v) is 5.13. The number of likely N-dealkylation sites (tertiary alicyclic amines) is 1. The number of piperidine rings is 1. The summed E-state index contributed by atoms with van der Waals surface area (Å²) in [5.41, 5.74) is 1.47. The predicted octanol–water partition coefficient (Wildman–Crippen LogP) is 3.23. The molecular formula is C21H24N4O4. The SMILES string of the molecule is COc1ccc(-c2noc(-c3cccn3CC(=O)N3CCCCC3)n2)cc1OC. The Morgan fingerprint density at radius 3 is 2.66 bits per heavy atom. The Morgan fingerprint density at radius 2 is 1.90 bits per heavy atom. The second kappa shape index (κ2) is 8.38. The van der Waals surface area contributed by atoms with E-state index < -0.39 is 0 Å². The molecule has 0 aliphatic carbocycles. The van der Waals surface area contributed by atoms with E-state index >= 15 is 0 Å². The number of rotatable bonds is 6. The van der Waals surface area contributed by atoms with Gasteiger partial charge in [-0.2, -0.15) is 4.98 Å². The van der Waals surface area contributed by atoms with Gasteiger partial charge in [-0.15, -0.1) is 0 Å². The van der Waals surface area contributed by atoms with Crippen LogP contribution in [0.5, 0.6) is 11.5 Å². The van der Waals surface area contributed by atoms with Gasteiger partial charge < -0.3 is 23.5 Å². The molecule has 2 aromatic heterocycles. The molecular weight excluding hydrogens is 372 g/mol. The minimum absolute atomic E-state index is 0.113. The van der Waals surface area contributed by atoms with Crippen molar-refractivity contribution in [3.63, 3.8) is 0 Å². The fraction of sp³-hybridized carbons (Fsp3) is 0.381. The summed E-state index contributed by atoms with van der Waals surface area (Å²) in [4.78, 5) is 19.1. The van der Waals surface area contributed by atoms with Crippen LogP contribution < -0.4 is 9.47 Å². The average Bonchev–Trinajstić information content (AvgIpc) is 3.43. The van der Waals surface area contributed by atoms with Crippen molar-refractivity contribution in [2.75, 3.05) is 27.3 Å². The van der Waals surface area contributed by atoms with Crippen molar-refractivity contribution in [1.29, 1.82) is 0 Å². The number of aromatic nitrogens is 3. The number of benzene rings is 1. The van der Waals surface area contributed by atoms with Crippen LogP contribution >= 0.6 is 0 Å². The Balaban J connectivity index is 1.55. The van der Waals surface area contributed by atoms with Crippen LogP contribution in [0.25, 0.3) is 23.0 Å². The molecule has 0 radical (unpaired) electrons. The van der Waals surface area contributed by atoms with Gasteiger partial charge in [-0.3, -0.25) is 4.79 Å².